The highest BCUT2D eigenvalue weighted by atomic mass is 28.4. The molecule has 0 saturated heterocycles. The van der Waals surface area contributed by atoms with Crippen molar-refractivity contribution in [2.45, 2.75) is 71.2 Å². The van der Waals surface area contributed by atoms with Crippen molar-refractivity contribution in [3.05, 3.63) is 0 Å². The number of nitrogens with one attached hydrogen (secondary N) is 1. The summed E-state index contributed by atoms with van der Waals surface area (Å²) < 4.78 is 6.21. The molecule has 0 aliphatic carbocycles. The first-order valence-electron chi connectivity index (χ1n) is 8.73. The molecule has 0 spiro atoms. The van der Waals surface area contributed by atoms with E-state index < -0.39 is 32.2 Å². The first-order valence-corrected chi connectivity index (χ1v) is 11.6. The number of hydrogen-bond donors (Lipinski definition) is 3. The Bertz CT molecular complexity index is 474. The molecule has 0 aromatic carbocycles. The number of ketones is 1. The van der Waals surface area contributed by atoms with Crippen LogP contribution in [-0.4, -0.2) is 50.3 Å². The van der Waals surface area contributed by atoms with Gasteiger partial charge in [0.2, 0.25) is 5.91 Å². The van der Waals surface area contributed by atoms with Crippen LogP contribution in [0.1, 0.15) is 47.0 Å². The maximum atomic E-state index is 12.6. The Morgan fingerprint density at radius 3 is 2.20 bits per heavy atom. The van der Waals surface area contributed by atoms with E-state index in [9.17, 15) is 14.4 Å². The molecule has 0 aliphatic heterocycles. The second kappa shape index (κ2) is 10.0. The molecule has 4 N–H and O–H groups in total. The van der Waals surface area contributed by atoms with Crippen LogP contribution in [0.15, 0.2) is 0 Å². The molecule has 0 bridgehead atoms. The number of aliphatic carboxylic acids is 1. The topological polar surface area (TPSA) is 119 Å². The van der Waals surface area contributed by atoms with Crippen molar-refractivity contribution in [2.75, 3.05) is 13.1 Å². The van der Waals surface area contributed by atoms with E-state index in [1.165, 1.54) is 0 Å². The number of carboxylic acids is 1. The fraction of sp³-hybridized carbons (Fsp3) is 0.824. The minimum atomic E-state index is -2.29. The van der Waals surface area contributed by atoms with Crippen LogP contribution in [0.25, 0.3) is 0 Å². The van der Waals surface area contributed by atoms with Crippen LogP contribution < -0.4 is 11.1 Å². The van der Waals surface area contributed by atoms with Gasteiger partial charge in [0.1, 0.15) is 11.9 Å². The minimum absolute atomic E-state index is 0.00917. The van der Waals surface area contributed by atoms with Gasteiger partial charge < -0.3 is 20.6 Å². The number of nitrogens with two attached hydrogens (primary N) is 1. The third kappa shape index (κ3) is 8.11. The molecule has 8 heteroatoms. The molecule has 0 fully saturated rings. The number of amides is 1. The van der Waals surface area contributed by atoms with E-state index in [0.29, 0.717) is 19.4 Å². The van der Waals surface area contributed by atoms with Crippen molar-refractivity contribution in [3.8, 4) is 0 Å². The highest BCUT2D eigenvalue weighted by Gasteiger charge is 2.43. The normalized spacial score (nSPS) is 14.7. The highest BCUT2D eigenvalue weighted by molar-refractivity contribution is 6.74. The van der Waals surface area contributed by atoms with Gasteiger partial charge in [0.05, 0.1) is 6.42 Å². The standard InChI is InChI=1S/C17H34N2O5Si/c1-12(13(20)8-7-10-18)15(16(23)19-11-9-14(21)22)24-25(5,6)17(2,3)4/h12,15H,7-11,18H2,1-6H3,(H,19,23)(H,21,22)/t12-,15-/m0/s1. The van der Waals surface area contributed by atoms with Gasteiger partial charge in [-0.1, -0.05) is 27.7 Å². The zero-order valence-corrected chi connectivity index (χ0v) is 17.3. The lowest BCUT2D eigenvalue weighted by atomic mass is 9.96. The molecule has 0 saturated carbocycles. The number of Topliss-reactive ketones (excluding diaryl/α,β-unsaturated/α-hetero) is 1. The molecule has 0 heterocycles. The smallest absolute Gasteiger partial charge is 0.305 e. The molecule has 25 heavy (non-hydrogen) atoms. The maximum absolute atomic E-state index is 12.6. The van der Waals surface area contributed by atoms with Gasteiger partial charge in [-0.3, -0.25) is 14.4 Å². The number of carbonyl (C=O) groups excluding carboxylic acids is 2. The molecule has 0 radical (unpaired) electrons. The van der Waals surface area contributed by atoms with Crippen LogP contribution in [0.5, 0.6) is 0 Å². The molecule has 0 rings (SSSR count). The van der Waals surface area contributed by atoms with Crippen molar-refractivity contribution >= 4 is 26.0 Å². The van der Waals surface area contributed by atoms with Crippen LogP contribution in [0, 0.1) is 5.92 Å². The van der Waals surface area contributed by atoms with E-state index in [0.717, 1.165) is 0 Å². The quantitative estimate of drug-likeness (QED) is 0.475. The van der Waals surface area contributed by atoms with Gasteiger partial charge in [-0.25, -0.2) is 0 Å². The Morgan fingerprint density at radius 1 is 1.20 bits per heavy atom. The van der Waals surface area contributed by atoms with Crippen molar-refractivity contribution in [1.82, 2.24) is 5.32 Å². The van der Waals surface area contributed by atoms with Gasteiger partial charge in [0.15, 0.2) is 8.32 Å². The average Bonchev–Trinajstić information content (AvgIpc) is 2.47. The lowest BCUT2D eigenvalue weighted by Gasteiger charge is -2.40. The van der Waals surface area contributed by atoms with Crippen molar-refractivity contribution < 1.29 is 23.9 Å². The molecule has 2 atom stereocenters. The Hall–Kier alpha value is -1.25. The average molecular weight is 375 g/mol. The number of carboxylic acid groups (broad SMARTS) is 1. The van der Waals surface area contributed by atoms with E-state index in [1.807, 2.05) is 13.1 Å². The summed E-state index contributed by atoms with van der Waals surface area (Å²) in [4.78, 5) is 35.6. The third-order valence-electron chi connectivity index (χ3n) is 4.71. The minimum Gasteiger partial charge on any atom is -0.481 e. The number of rotatable bonds is 11. The molecule has 0 unspecified atom stereocenters. The van der Waals surface area contributed by atoms with Gasteiger partial charge in [0, 0.05) is 18.9 Å². The first-order chi connectivity index (χ1) is 11.3. The predicted octanol–water partition coefficient (Wildman–Crippen LogP) is 1.91. The Kier molecular flexibility index (Phi) is 9.53. The second-order valence-corrected chi connectivity index (χ2v) is 12.6. The second-order valence-electron chi connectivity index (χ2n) is 7.88. The summed E-state index contributed by atoms with van der Waals surface area (Å²) in [7, 11) is -2.29. The Labute approximate surface area is 151 Å². The summed E-state index contributed by atoms with van der Waals surface area (Å²) in [5.41, 5.74) is 5.45. The molecule has 0 aromatic rings. The van der Waals surface area contributed by atoms with Crippen LogP contribution in [0.3, 0.4) is 0 Å². The summed E-state index contributed by atoms with van der Waals surface area (Å²) >= 11 is 0. The van der Waals surface area contributed by atoms with Gasteiger partial charge in [-0.2, -0.15) is 0 Å². The summed E-state index contributed by atoms with van der Waals surface area (Å²) in [5, 5.41) is 11.2. The van der Waals surface area contributed by atoms with Crippen molar-refractivity contribution in [2.24, 2.45) is 11.7 Å². The molecular formula is C17H34N2O5Si. The van der Waals surface area contributed by atoms with Gasteiger partial charge in [-0.05, 0) is 31.1 Å². The van der Waals surface area contributed by atoms with E-state index in [-0.39, 0.29) is 23.8 Å². The zero-order chi connectivity index (χ0) is 19.8. The van der Waals surface area contributed by atoms with E-state index in [4.69, 9.17) is 15.3 Å². The molecule has 1 amide bonds. The first kappa shape index (κ1) is 23.7. The van der Waals surface area contributed by atoms with E-state index in [2.05, 4.69) is 26.1 Å². The van der Waals surface area contributed by atoms with Gasteiger partial charge >= 0.3 is 5.97 Å². The van der Waals surface area contributed by atoms with Crippen molar-refractivity contribution in [1.29, 1.82) is 0 Å². The van der Waals surface area contributed by atoms with E-state index in [1.54, 1.807) is 6.92 Å². The SMILES string of the molecule is C[C@@H](C(=O)CCCN)[C@H](O[Si](C)(C)C(C)(C)C)C(=O)NCCC(=O)O. The van der Waals surface area contributed by atoms with Crippen LogP contribution in [-0.2, 0) is 18.8 Å². The number of hydrogen-bond acceptors (Lipinski definition) is 5. The molecule has 146 valence electrons. The van der Waals surface area contributed by atoms with Crippen molar-refractivity contribution in [3.63, 3.8) is 0 Å². The fourth-order valence-corrected chi connectivity index (χ4v) is 3.24. The Balaban J connectivity index is 5.25. The molecule has 0 aromatic heterocycles. The lowest BCUT2D eigenvalue weighted by molar-refractivity contribution is -0.139. The largest absolute Gasteiger partial charge is 0.481 e. The number of carbonyl (C=O) groups is 3. The van der Waals surface area contributed by atoms with Crippen LogP contribution in [0.4, 0.5) is 0 Å². The monoisotopic (exact) mass is 374 g/mol. The van der Waals surface area contributed by atoms with E-state index >= 15 is 0 Å². The molecule has 0 aliphatic rings. The summed E-state index contributed by atoms with van der Waals surface area (Å²) in [6.45, 7) is 12.3. The molecular weight excluding hydrogens is 340 g/mol. The Morgan fingerprint density at radius 2 is 1.76 bits per heavy atom. The maximum Gasteiger partial charge on any atom is 0.305 e. The van der Waals surface area contributed by atoms with Crippen LogP contribution >= 0.6 is 0 Å². The predicted molar refractivity (Wildman–Crippen MR) is 99.8 cm³/mol. The van der Waals surface area contributed by atoms with Crippen LogP contribution in [0.2, 0.25) is 18.1 Å². The molecule has 7 nitrogen and oxygen atoms in total. The summed E-state index contributed by atoms with van der Waals surface area (Å²) in [6, 6.07) is 0. The zero-order valence-electron chi connectivity index (χ0n) is 16.3. The summed E-state index contributed by atoms with van der Waals surface area (Å²) in [6.07, 6.45) is -0.220. The third-order valence-corrected chi connectivity index (χ3v) is 9.17. The van der Waals surface area contributed by atoms with Gasteiger partial charge in [0.25, 0.3) is 0 Å². The fourth-order valence-electron chi connectivity index (χ4n) is 1.94. The lowest BCUT2D eigenvalue weighted by Crippen LogP contribution is -2.52. The van der Waals surface area contributed by atoms with Gasteiger partial charge in [-0.15, -0.1) is 0 Å². The summed E-state index contributed by atoms with van der Waals surface area (Å²) in [5.74, 6) is -2.10. The highest BCUT2D eigenvalue weighted by Crippen LogP contribution is 2.38.